The van der Waals surface area contributed by atoms with E-state index in [0.717, 1.165) is 6.42 Å². The molecular weight excluding hydrogens is 232 g/mol. The number of benzene rings is 1. The zero-order valence-electron chi connectivity index (χ0n) is 8.48. The Bertz CT molecular complexity index is 399. The molecule has 1 fully saturated rings. The van der Waals surface area contributed by atoms with Gasteiger partial charge in [0.05, 0.1) is 18.2 Å². The minimum Gasteiger partial charge on any atom is -0.487 e. The molecular formula is C11H11ClO4. The van der Waals surface area contributed by atoms with E-state index in [9.17, 15) is 4.79 Å². The van der Waals surface area contributed by atoms with E-state index in [1.54, 1.807) is 12.1 Å². The number of carbonyl (C=O) groups is 1. The Morgan fingerprint density at radius 3 is 3.00 bits per heavy atom. The van der Waals surface area contributed by atoms with Gasteiger partial charge in [-0.3, -0.25) is 0 Å². The molecule has 1 heterocycles. The Morgan fingerprint density at radius 1 is 1.56 bits per heavy atom. The van der Waals surface area contributed by atoms with Crippen molar-refractivity contribution in [1.82, 2.24) is 0 Å². The molecule has 1 atom stereocenters. The Labute approximate surface area is 97.7 Å². The van der Waals surface area contributed by atoms with Gasteiger partial charge in [0.1, 0.15) is 17.4 Å². The molecule has 0 saturated carbocycles. The molecule has 86 valence electrons. The van der Waals surface area contributed by atoms with Crippen molar-refractivity contribution in [1.29, 1.82) is 0 Å². The fourth-order valence-corrected chi connectivity index (χ4v) is 1.84. The molecule has 0 bridgehead atoms. The fraction of sp³-hybridized carbons (Fsp3) is 0.364. The van der Waals surface area contributed by atoms with Gasteiger partial charge in [0.2, 0.25) is 0 Å². The van der Waals surface area contributed by atoms with Gasteiger partial charge in [-0.05, 0) is 12.1 Å². The summed E-state index contributed by atoms with van der Waals surface area (Å²) in [4.78, 5) is 11.0. The van der Waals surface area contributed by atoms with E-state index in [1.165, 1.54) is 6.07 Å². The van der Waals surface area contributed by atoms with E-state index in [4.69, 9.17) is 26.2 Å². The molecule has 1 saturated heterocycles. The third-order valence-electron chi connectivity index (χ3n) is 2.37. The number of rotatable bonds is 3. The van der Waals surface area contributed by atoms with Crippen LogP contribution in [0.3, 0.4) is 0 Å². The quantitative estimate of drug-likeness (QED) is 0.883. The van der Waals surface area contributed by atoms with Crippen molar-refractivity contribution in [3.8, 4) is 5.75 Å². The third kappa shape index (κ3) is 2.28. The zero-order chi connectivity index (χ0) is 11.5. The Hall–Kier alpha value is -1.26. The molecule has 0 amide bonds. The number of hydrogen-bond donors (Lipinski definition) is 1. The van der Waals surface area contributed by atoms with Crippen molar-refractivity contribution in [2.45, 2.75) is 12.5 Å². The van der Waals surface area contributed by atoms with Crippen molar-refractivity contribution in [3.05, 3.63) is 28.8 Å². The maximum Gasteiger partial charge on any atom is 0.341 e. The SMILES string of the molecule is O=C(O)c1c(Cl)cccc1OC1CCOC1. The van der Waals surface area contributed by atoms with Crippen molar-refractivity contribution in [2.75, 3.05) is 13.2 Å². The summed E-state index contributed by atoms with van der Waals surface area (Å²) in [7, 11) is 0. The van der Waals surface area contributed by atoms with Gasteiger partial charge in [0, 0.05) is 6.42 Å². The molecule has 1 aliphatic rings. The smallest absolute Gasteiger partial charge is 0.341 e. The van der Waals surface area contributed by atoms with E-state index in [-0.39, 0.29) is 16.7 Å². The van der Waals surface area contributed by atoms with Crippen LogP contribution in [0.1, 0.15) is 16.8 Å². The van der Waals surface area contributed by atoms with E-state index in [2.05, 4.69) is 0 Å². The van der Waals surface area contributed by atoms with Gasteiger partial charge in [-0.25, -0.2) is 4.79 Å². The first-order chi connectivity index (χ1) is 7.68. The van der Waals surface area contributed by atoms with Crippen molar-refractivity contribution < 1.29 is 19.4 Å². The molecule has 1 aromatic rings. The van der Waals surface area contributed by atoms with Gasteiger partial charge in [-0.2, -0.15) is 0 Å². The topological polar surface area (TPSA) is 55.8 Å². The van der Waals surface area contributed by atoms with Crippen LogP contribution < -0.4 is 4.74 Å². The Morgan fingerprint density at radius 2 is 2.38 bits per heavy atom. The molecule has 2 rings (SSSR count). The van der Waals surface area contributed by atoms with Crippen LogP contribution in [-0.2, 0) is 4.74 Å². The third-order valence-corrected chi connectivity index (χ3v) is 2.69. The summed E-state index contributed by atoms with van der Waals surface area (Å²) >= 11 is 5.82. The molecule has 5 heteroatoms. The van der Waals surface area contributed by atoms with Gasteiger partial charge >= 0.3 is 5.97 Å². The highest BCUT2D eigenvalue weighted by Gasteiger charge is 2.21. The highest BCUT2D eigenvalue weighted by Crippen LogP contribution is 2.28. The highest BCUT2D eigenvalue weighted by atomic mass is 35.5. The van der Waals surface area contributed by atoms with Crippen LogP contribution in [0.25, 0.3) is 0 Å². The number of ether oxygens (including phenoxy) is 2. The average Bonchev–Trinajstić information content (AvgIpc) is 2.70. The van der Waals surface area contributed by atoms with Crippen LogP contribution in [0.2, 0.25) is 5.02 Å². The lowest BCUT2D eigenvalue weighted by atomic mass is 10.2. The molecule has 16 heavy (non-hydrogen) atoms. The van der Waals surface area contributed by atoms with Crippen LogP contribution in [0.15, 0.2) is 18.2 Å². The summed E-state index contributed by atoms with van der Waals surface area (Å²) < 4.78 is 10.7. The van der Waals surface area contributed by atoms with Crippen LogP contribution in [0.4, 0.5) is 0 Å². The number of carboxylic acid groups (broad SMARTS) is 1. The van der Waals surface area contributed by atoms with E-state index >= 15 is 0 Å². The zero-order valence-corrected chi connectivity index (χ0v) is 9.24. The predicted molar refractivity (Wildman–Crippen MR) is 58.3 cm³/mol. The van der Waals surface area contributed by atoms with E-state index < -0.39 is 5.97 Å². The normalized spacial score (nSPS) is 19.7. The van der Waals surface area contributed by atoms with Gasteiger partial charge < -0.3 is 14.6 Å². The lowest BCUT2D eigenvalue weighted by Crippen LogP contribution is -2.17. The number of carboxylic acids is 1. The lowest BCUT2D eigenvalue weighted by Gasteiger charge is -2.14. The predicted octanol–water partition coefficient (Wildman–Crippen LogP) is 2.21. The van der Waals surface area contributed by atoms with Gasteiger partial charge in [0.15, 0.2) is 0 Å². The molecule has 0 aromatic heterocycles. The minimum atomic E-state index is -1.08. The monoisotopic (exact) mass is 242 g/mol. The average molecular weight is 243 g/mol. The summed E-state index contributed by atoms with van der Waals surface area (Å²) in [5.41, 5.74) is 0.0102. The Balaban J connectivity index is 2.25. The number of hydrogen-bond acceptors (Lipinski definition) is 3. The summed E-state index contributed by atoms with van der Waals surface area (Å²) in [5.74, 6) is -0.782. The Kier molecular flexibility index (Phi) is 3.31. The number of halogens is 1. The maximum atomic E-state index is 11.0. The molecule has 1 aliphatic heterocycles. The second kappa shape index (κ2) is 4.72. The van der Waals surface area contributed by atoms with Crippen molar-refractivity contribution in [2.24, 2.45) is 0 Å². The van der Waals surface area contributed by atoms with Crippen molar-refractivity contribution >= 4 is 17.6 Å². The summed E-state index contributed by atoms with van der Waals surface area (Å²) in [6, 6.07) is 4.80. The highest BCUT2D eigenvalue weighted by molar-refractivity contribution is 6.33. The lowest BCUT2D eigenvalue weighted by molar-refractivity contribution is 0.0687. The minimum absolute atomic E-state index is 0.0102. The second-order valence-corrected chi connectivity index (χ2v) is 3.93. The largest absolute Gasteiger partial charge is 0.487 e. The summed E-state index contributed by atoms with van der Waals surface area (Å²) in [6.07, 6.45) is 0.683. The molecule has 1 N–H and O–H groups in total. The molecule has 0 spiro atoms. The summed E-state index contributed by atoms with van der Waals surface area (Å²) in [5, 5.41) is 9.21. The van der Waals surface area contributed by atoms with Gasteiger partial charge in [0.25, 0.3) is 0 Å². The van der Waals surface area contributed by atoms with Crippen molar-refractivity contribution in [3.63, 3.8) is 0 Å². The summed E-state index contributed by atoms with van der Waals surface area (Å²) in [6.45, 7) is 1.14. The number of aromatic carboxylic acids is 1. The van der Waals surface area contributed by atoms with E-state index in [0.29, 0.717) is 19.0 Å². The van der Waals surface area contributed by atoms with Crippen LogP contribution in [-0.4, -0.2) is 30.4 Å². The van der Waals surface area contributed by atoms with Gasteiger partial charge in [-0.1, -0.05) is 17.7 Å². The molecule has 0 aliphatic carbocycles. The first-order valence-corrected chi connectivity index (χ1v) is 5.32. The first kappa shape index (κ1) is 11.2. The molecule has 1 unspecified atom stereocenters. The maximum absolute atomic E-state index is 11.0. The first-order valence-electron chi connectivity index (χ1n) is 4.94. The van der Waals surface area contributed by atoms with Crippen LogP contribution >= 0.6 is 11.6 Å². The van der Waals surface area contributed by atoms with Gasteiger partial charge in [-0.15, -0.1) is 0 Å². The fourth-order valence-electron chi connectivity index (χ4n) is 1.60. The standard InChI is InChI=1S/C11H11ClO4/c12-8-2-1-3-9(10(8)11(13)14)16-7-4-5-15-6-7/h1-3,7H,4-6H2,(H,13,14). The molecule has 1 aromatic carbocycles. The van der Waals surface area contributed by atoms with Crippen LogP contribution in [0, 0.1) is 0 Å². The molecule has 4 nitrogen and oxygen atoms in total. The van der Waals surface area contributed by atoms with E-state index in [1.807, 2.05) is 0 Å². The molecule has 0 radical (unpaired) electrons. The van der Waals surface area contributed by atoms with Crippen LogP contribution in [0.5, 0.6) is 5.75 Å². The second-order valence-electron chi connectivity index (χ2n) is 3.52.